The molecule has 7 heteroatoms. The summed E-state index contributed by atoms with van der Waals surface area (Å²) in [6.07, 6.45) is -0.178. The molecule has 0 aliphatic carbocycles. The zero-order valence-corrected chi connectivity index (χ0v) is 16.9. The molecule has 1 saturated heterocycles. The van der Waals surface area contributed by atoms with E-state index in [1.54, 1.807) is 29.2 Å². The molecule has 0 saturated carbocycles. The number of hydrogen-bond donors (Lipinski definition) is 1. The van der Waals surface area contributed by atoms with E-state index in [0.717, 1.165) is 17.7 Å². The lowest BCUT2D eigenvalue weighted by Crippen LogP contribution is -2.33. The van der Waals surface area contributed by atoms with Gasteiger partial charge in [0.2, 0.25) is 5.91 Å². The number of benzene rings is 2. The van der Waals surface area contributed by atoms with Crippen molar-refractivity contribution in [2.75, 3.05) is 16.8 Å². The number of aryl methyl sites for hydroxylation is 1. The second-order valence-corrected chi connectivity index (χ2v) is 7.15. The zero-order valence-electron chi connectivity index (χ0n) is 16.9. The highest BCUT2D eigenvalue weighted by Gasteiger charge is 2.37. The molecule has 2 aromatic carbocycles. The highest BCUT2D eigenvalue weighted by atomic mass is 16.5. The van der Waals surface area contributed by atoms with E-state index >= 15 is 0 Å². The largest absolute Gasteiger partial charge is 0.452 e. The van der Waals surface area contributed by atoms with Gasteiger partial charge in [-0.15, -0.1) is 0 Å². The average Bonchev–Trinajstić information content (AvgIpc) is 3.15. The Bertz CT molecular complexity index is 994. The quantitative estimate of drug-likeness (QED) is 0.745. The molecular formula is C23H23N3O4. The Hall–Kier alpha value is -3.66. The fourth-order valence-corrected chi connectivity index (χ4v) is 3.37. The van der Waals surface area contributed by atoms with Gasteiger partial charge in [0.15, 0.2) is 6.10 Å². The molecule has 0 radical (unpaired) electrons. The van der Waals surface area contributed by atoms with Crippen molar-refractivity contribution < 1.29 is 19.1 Å². The van der Waals surface area contributed by atoms with Gasteiger partial charge in [-0.2, -0.15) is 5.26 Å². The lowest BCUT2D eigenvalue weighted by atomic mass is 10.1. The van der Waals surface area contributed by atoms with Crippen molar-refractivity contribution in [1.29, 1.82) is 5.26 Å². The van der Waals surface area contributed by atoms with E-state index in [-0.39, 0.29) is 18.9 Å². The molecule has 0 bridgehead atoms. The number of rotatable bonds is 6. The zero-order chi connectivity index (χ0) is 21.7. The topological polar surface area (TPSA) is 99.5 Å². The lowest BCUT2D eigenvalue weighted by molar-refractivity contribution is -0.157. The summed E-state index contributed by atoms with van der Waals surface area (Å²) >= 11 is 0. The Morgan fingerprint density at radius 1 is 1.23 bits per heavy atom. The van der Waals surface area contributed by atoms with Crippen molar-refractivity contribution in [3.8, 4) is 6.07 Å². The fourth-order valence-electron chi connectivity index (χ4n) is 3.37. The maximum Gasteiger partial charge on any atom is 0.312 e. The monoisotopic (exact) mass is 405 g/mol. The fraction of sp³-hybridized carbons (Fsp3) is 0.304. The minimum absolute atomic E-state index is 0.0564. The minimum Gasteiger partial charge on any atom is -0.452 e. The first kappa shape index (κ1) is 21.1. The van der Waals surface area contributed by atoms with Crippen LogP contribution in [0.1, 0.15) is 31.4 Å². The third-order valence-electron chi connectivity index (χ3n) is 5.07. The third-order valence-corrected chi connectivity index (χ3v) is 5.07. The third kappa shape index (κ3) is 4.66. The summed E-state index contributed by atoms with van der Waals surface area (Å²) in [7, 11) is 0. The van der Waals surface area contributed by atoms with Gasteiger partial charge in [-0.25, -0.2) is 0 Å². The predicted octanol–water partition coefficient (Wildman–Crippen LogP) is 3.04. The van der Waals surface area contributed by atoms with Gasteiger partial charge < -0.3 is 15.0 Å². The van der Waals surface area contributed by atoms with E-state index in [0.29, 0.717) is 11.3 Å². The number of hydrogen-bond acceptors (Lipinski definition) is 5. The molecule has 3 rings (SSSR count). The Morgan fingerprint density at radius 3 is 2.60 bits per heavy atom. The van der Waals surface area contributed by atoms with Gasteiger partial charge in [0.25, 0.3) is 5.91 Å². The highest BCUT2D eigenvalue weighted by molar-refractivity contribution is 6.01. The normalized spacial score (nSPS) is 16.6. The Labute approximate surface area is 175 Å². The first-order valence-electron chi connectivity index (χ1n) is 9.82. The van der Waals surface area contributed by atoms with Crippen LogP contribution in [0.3, 0.4) is 0 Å². The van der Waals surface area contributed by atoms with Crippen molar-refractivity contribution >= 4 is 29.2 Å². The molecule has 1 fully saturated rings. The molecule has 1 aliphatic rings. The smallest absolute Gasteiger partial charge is 0.312 e. The molecule has 2 atom stereocenters. The minimum atomic E-state index is -1.01. The standard InChI is InChI=1S/C23H23N3O4/c1-3-17-6-4-5-7-20(17)26-14-18(12-21(26)27)23(29)30-15(2)22(28)25-19-10-8-16(13-24)9-11-19/h4-11,15,18H,3,12,14H2,1-2H3,(H,25,28). The SMILES string of the molecule is CCc1ccccc1N1CC(C(=O)OC(C)C(=O)Nc2ccc(C#N)cc2)CC1=O. The number of carbonyl (C=O) groups excluding carboxylic acids is 3. The summed E-state index contributed by atoms with van der Waals surface area (Å²) in [5.74, 6) is -1.80. The first-order chi connectivity index (χ1) is 14.4. The molecular weight excluding hydrogens is 382 g/mol. The predicted molar refractivity (Wildman–Crippen MR) is 112 cm³/mol. The maximum atomic E-state index is 12.6. The van der Waals surface area contributed by atoms with Crippen LogP contribution in [-0.2, 0) is 25.5 Å². The highest BCUT2D eigenvalue weighted by Crippen LogP contribution is 2.29. The number of ether oxygens (including phenoxy) is 1. The van der Waals surface area contributed by atoms with Crippen LogP contribution in [0.25, 0.3) is 0 Å². The number of anilines is 2. The van der Waals surface area contributed by atoms with Crippen LogP contribution >= 0.6 is 0 Å². The summed E-state index contributed by atoms with van der Waals surface area (Å²) < 4.78 is 5.32. The number of nitrogens with one attached hydrogen (secondary N) is 1. The van der Waals surface area contributed by atoms with E-state index in [1.807, 2.05) is 37.3 Å². The number of carbonyl (C=O) groups is 3. The molecule has 0 spiro atoms. The van der Waals surface area contributed by atoms with Gasteiger partial charge in [0.1, 0.15) is 0 Å². The van der Waals surface area contributed by atoms with Crippen LogP contribution in [0, 0.1) is 17.2 Å². The van der Waals surface area contributed by atoms with Gasteiger partial charge in [-0.1, -0.05) is 25.1 Å². The number of para-hydroxylation sites is 1. The van der Waals surface area contributed by atoms with Crippen LogP contribution in [0.2, 0.25) is 0 Å². The van der Waals surface area contributed by atoms with E-state index in [4.69, 9.17) is 10.00 Å². The molecule has 1 heterocycles. The number of nitriles is 1. The van der Waals surface area contributed by atoms with E-state index < -0.39 is 23.9 Å². The van der Waals surface area contributed by atoms with Crippen LogP contribution in [0.4, 0.5) is 11.4 Å². The Balaban J connectivity index is 1.59. The molecule has 7 nitrogen and oxygen atoms in total. The van der Waals surface area contributed by atoms with Crippen LogP contribution < -0.4 is 10.2 Å². The van der Waals surface area contributed by atoms with Crippen LogP contribution in [0.15, 0.2) is 48.5 Å². The number of nitrogens with zero attached hydrogens (tertiary/aromatic N) is 2. The Morgan fingerprint density at radius 2 is 1.93 bits per heavy atom. The Kier molecular flexibility index (Phi) is 6.48. The van der Waals surface area contributed by atoms with Gasteiger partial charge in [0.05, 0.1) is 17.6 Å². The van der Waals surface area contributed by atoms with Gasteiger partial charge in [-0.3, -0.25) is 14.4 Å². The molecule has 2 amide bonds. The molecule has 0 aromatic heterocycles. The van der Waals surface area contributed by atoms with Crippen molar-refractivity contribution in [3.63, 3.8) is 0 Å². The first-order valence-corrected chi connectivity index (χ1v) is 9.82. The van der Waals surface area contributed by atoms with Crippen molar-refractivity contribution in [1.82, 2.24) is 0 Å². The van der Waals surface area contributed by atoms with Gasteiger partial charge >= 0.3 is 5.97 Å². The summed E-state index contributed by atoms with van der Waals surface area (Å²) in [6.45, 7) is 3.73. The summed E-state index contributed by atoms with van der Waals surface area (Å²) in [5, 5.41) is 11.5. The molecule has 1 aliphatic heterocycles. The second-order valence-electron chi connectivity index (χ2n) is 7.15. The molecule has 30 heavy (non-hydrogen) atoms. The van der Waals surface area contributed by atoms with Crippen LogP contribution in [-0.4, -0.2) is 30.4 Å². The maximum absolute atomic E-state index is 12.6. The van der Waals surface area contributed by atoms with Crippen molar-refractivity contribution in [2.45, 2.75) is 32.8 Å². The number of esters is 1. The van der Waals surface area contributed by atoms with E-state index in [1.165, 1.54) is 6.92 Å². The van der Waals surface area contributed by atoms with Gasteiger partial charge in [0, 0.05) is 24.3 Å². The molecule has 1 N–H and O–H groups in total. The second kappa shape index (κ2) is 9.23. The van der Waals surface area contributed by atoms with Crippen molar-refractivity contribution in [2.24, 2.45) is 5.92 Å². The summed E-state index contributed by atoms with van der Waals surface area (Å²) in [5.41, 5.74) is 2.83. The molecule has 154 valence electrons. The summed E-state index contributed by atoms with van der Waals surface area (Å²) in [6, 6.07) is 16.0. The number of amides is 2. The average molecular weight is 405 g/mol. The van der Waals surface area contributed by atoms with E-state index in [9.17, 15) is 14.4 Å². The van der Waals surface area contributed by atoms with Gasteiger partial charge in [-0.05, 0) is 49.2 Å². The molecule has 2 aromatic rings. The van der Waals surface area contributed by atoms with Crippen molar-refractivity contribution in [3.05, 3.63) is 59.7 Å². The lowest BCUT2D eigenvalue weighted by Gasteiger charge is -2.20. The molecule has 2 unspecified atom stereocenters. The van der Waals surface area contributed by atoms with Crippen LogP contribution in [0.5, 0.6) is 0 Å². The van der Waals surface area contributed by atoms with E-state index in [2.05, 4.69) is 5.32 Å². The summed E-state index contributed by atoms with van der Waals surface area (Å²) in [4.78, 5) is 39.0.